The van der Waals surface area contributed by atoms with Gasteiger partial charge >= 0.3 is 0 Å². The van der Waals surface area contributed by atoms with Crippen molar-refractivity contribution in [2.75, 3.05) is 0 Å². The lowest BCUT2D eigenvalue weighted by molar-refractivity contribution is 0.663. The Balaban J connectivity index is 1.93. The number of aromatic nitrogens is 1. The maximum Gasteiger partial charge on any atom is 0.0300 e. The number of aryl methyl sites for hydroxylation is 1. The minimum Gasteiger partial charge on any atom is -0.327 e. The highest BCUT2D eigenvalue weighted by atomic mass is 14.6. The lowest BCUT2D eigenvalue weighted by Crippen LogP contribution is -2.25. The Bertz CT molecular complexity index is 448. The maximum absolute atomic E-state index is 6.15. The summed E-state index contributed by atoms with van der Waals surface area (Å²) in [5.41, 5.74) is 9.93. The average molecular weight is 226 g/mol. The predicted molar refractivity (Wildman–Crippen MR) is 70.8 cm³/mol. The van der Waals surface area contributed by atoms with Crippen molar-refractivity contribution >= 4 is 0 Å². The van der Waals surface area contributed by atoms with Crippen LogP contribution in [0.15, 0.2) is 48.8 Å². The fourth-order valence-electron chi connectivity index (χ4n) is 1.92. The van der Waals surface area contributed by atoms with Gasteiger partial charge in [-0.25, -0.2) is 0 Å². The van der Waals surface area contributed by atoms with E-state index in [0.29, 0.717) is 0 Å². The minimum atomic E-state index is 0.155. The third kappa shape index (κ3) is 3.68. The van der Waals surface area contributed by atoms with Crippen LogP contribution in [0.5, 0.6) is 0 Å². The van der Waals surface area contributed by atoms with Gasteiger partial charge in [0, 0.05) is 18.4 Å². The zero-order valence-electron chi connectivity index (χ0n) is 10.1. The molecule has 0 aliphatic carbocycles. The van der Waals surface area contributed by atoms with E-state index in [1.54, 1.807) is 6.20 Å². The third-order valence-corrected chi connectivity index (χ3v) is 2.84. The Morgan fingerprint density at radius 3 is 2.41 bits per heavy atom. The van der Waals surface area contributed by atoms with Crippen LogP contribution < -0.4 is 5.73 Å². The van der Waals surface area contributed by atoms with Crippen molar-refractivity contribution in [3.05, 3.63) is 65.5 Å². The highest BCUT2D eigenvalue weighted by Crippen LogP contribution is 2.08. The Kier molecular flexibility index (Phi) is 3.89. The molecule has 1 atom stereocenters. The molecule has 17 heavy (non-hydrogen) atoms. The Labute approximate surface area is 103 Å². The van der Waals surface area contributed by atoms with Gasteiger partial charge in [-0.3, -0.25) is 4.98 Å². The number of benzene rings is 1. The molecule has 0 saturated heterocycles. The van der Waals surface area contributed by atoms with Gasteiger partial charge in [-0.2, -0.15) is 0 Å². The molecule has 0 spiro atoms. The van der Waals surface area contributed by atoms with Crippen LogP contribution in [0.4, 0.5) is 0 Å². The molecule has 0 saturated carbocycles. The number of nitrogens with zero attached hydrogens (tertiary/aromatic N) is 1. The fourth-order valence-corrected chi connectivity index (χ4v) is 1.92. The van der Waals surface area contributed by atoms with E-state index in [1.807, 2.05) is 12.3 Å². The predicted octanol–water partition coefficient (Wildman–Crippen LogP) is 2.50. The molecule has 2 rings (SSSR count). The van der Waals surface area contributed by atoms with Crippen LogP contribution in [-0.4, -0.2) is 11.0 Å². The highest BCUT2D eigenvalue weighted by Gasteiger charge is 2.05. The fraction of sp³-hybridized carbons (Fsp3) is 0.267. The number of rotatable bonds is 4. The van der Waals surface area contributed by atoms with Gasteiger partial charge in [-0.05, 0) is 37.0 Å². The van der Waals surface area contributed by atoms with Gasteiger partial charge in [0.05, 0.1) is 0 Å². The molecule has 2 N–H and O–H groups in total. The summed E-state index contributed by atoms with van der Waals surface area (Å²) in [6.07, 6.45) is 5.46. The van der Waals surface area contributed by atoms with E-state index >= 15 is 0 Å². The van der Waals surface area contributed by atoms with Gasteiger partial charge < -0.3 is 5.73 Å². The lowest BCUT2D eigenvalue weighted by Gasteiger charge is -2.11. The van der Waals surface area contributed by atoms with Crippen molar-refractivity contribution in [1.29, 1.82) is 0 Å². The summed E-state index contributed by atoms with van der Waals surface area (Å²) in [5.74, 6) is 0. The number of hydrogen-bond acceptors (Lipinski definition) is 2. The molecule has 2 aromatic rings. The minimum absolute atomic E-state index is 0.155. The molecule has 0 aliphatic rings. The number of pyridine rings is 1. The molecular weight excluding hydrogens is 208 g/mol. The van der Waals surface area contributed by atoms with Crippen molar-refractivity contribution in [1.82, 2.24) is 4.98 Å². The van der Waals surface area contributed by atoms with E-state index in [9.17, 15) is 0 Å². The molecule has 1 heterocycles. The Hall–Kier alpha value is -1.67. The second-order valence-corrected chi connectivity index (χ2v) is 4.52. The monoisotopic (exact) mass is 226 g/mol. The smallest absolute Gasteiger partial charge is 0.0300 e. The largest absolute Gasteiger partial charge is 0.327 e. The average Bonchev–Trinajstić information content (AvgIpc) is 2.33. The van der Waals surface area contributed by atoms with E-state index in [2.05, 4.69) is 42.2 Å². The van der Waals surface area contributed by atoms with Gasteiger partial charge in [0.1, 0.15) is 0 Å². The second-order valence-electron chi connectivity index (χ2n) is 4.52. The van der Waals surface area contributed by atoms with Crippen molar-refractivity contribution < 1.29 is 0 Å². The highest BCUT2D eigenvalue weighted by molar-refractivity contribution is 5.22. The zero-order chi connectivity index (χ0) is 12.1. The Morgan fingerprint density at radius 2 is 1.76 bits per heavy atom. The maximum atomic E-state index is 6.15. The van der Waals surface area contributed by atoms with E-state index in [4.69, 9.17) is 5.73 Å². The quantitative estimate of drug-likeness (QED) is 0.870. The molecule has 88 valence electrons. The molecule has 2 nitrogen and oxygen atoms in total. The van der Waals surface area contributed by atoms with Gasteiger partial charge in [0.25, 0.3) is 0 Å². The summed E-state index contributed by atoms with van der Waals surface area (Å²) >= 11 is 0. The first-order chi connectivity index (χ1) is 8.24. The molecular formula is C15H18N2. The number of hydrogen-bond donors (Lipinski definition) is 1. The van der Waals surface area contributed by atoms with E-state index in [1.165, 1.54) is 16.7 Å². The van der Waals surface area contributed by atoms with Crippen molar-refractivity contribution in [2.45, 2.75) is 25.8 Å². The summed E-state index contributed by atoms with van der Waals surface area (Å²) in [7, 11) is 0. The van der Waals surface area contributed by atoms with Crippen LogP contribution in [-0.2, 0) is 12.8 Å². The summed E-state index contributed by atoms with van der Waals surface area (Å²) < 4.78 is 0. The molecule has 0 fully saturated rings. The SMILES string of the molecule is Cc1ccc(CC(N)Cc2cccnc2)cc1. The normalized spacial score (nSPS) is 12.4. The molecule has 1 unspecified atom stereocenters. The van der Waals surface area contributed by atoms with Crippen LogP contribution in [0.1, 0.15) is 16.7 Å². The Morgan fingerprint density at radius 1 is 1.06 bits per heavy atom. The van der Waals surface area contributed by atoms with Crippen molar-refractivity contribution in [3.8, 4) is 0 Å². The first-order valence-corrected chi connectivity index (χ1v) is 5.94. The van der Waals surface area contributed by atoms with Gasteiger partial charge in [0.2, 0.25) is 0 Å². The van der Waals surface area contributed by atoms with Gasteiger partial charge in [-0.15, -0.1) is 0 Å². The topological polar surface area (TPSA) is 38.9 Å². The van der Waals surface area contributed by atoms with Crippen LogP contribution in [0.25, 0.3) is 0 Å². The summed E-state index contributed by atoms with van der Waals surface area (Å²) in [4.78, 5) is 4.10. The molecule has 0 bridgehead atoms. The van der Waals surface area contributed by atoms with E-state index < -0.39 is 0 Å². The van der Waals surface area contributed by atoms with E-state index in [0.717, 1.165) is 12.8 Å². The molecule has 0 amide bonds. The van der Waals surface area contributed by atoms with Crippen LogP contribution in [0.2, 0.25) is 0 Å². The molecule has 0 aliphatic heterocycles. The first kappa shape index (κ1) is 11.8. The summed E-state index contributed by atoms with van der Waals surface area (Å²) in [6, 6.07) is 12.7. The van der Waals surface area contributed by atoms with Gasteiger partial charge in [0.15, 0.2) is 0 Å². The number of nitrogens with two attached hydrogens (primary N) is 1. The first-order valence-electron chi connectivity index (χ1n) is 5.94. The summed E-state index contributed by atoms with van der Waals surface area (Å²) in [6.45, 7) is 2.10. The van der Waals surface area contributed by atoms with Crippen molar-refractivity contribution in [3.63, 3.8) is 0 Å². The lowest BCUT2D eigenvalue weighted by atomic mass is 10.00. The van der Waals surface area contributed by atoms with Gasteiger partial charge in [-0.1, -0.05) is 35.9 Å². The molecule has 0 radical (unpaired) electrons. The molecule has 2 heteroatoms. The van der Waals surface area contributed by atoms with Crippen LogP contribution >= 0.6 is 0 Å². The molecule has 1 aromatic carbocycles. The van der Waals surface area contributed by atoms with Crippen LogP contribution in [0.3, 0.4) is 0 Å². The third-order valence-electron chi connectivity index (χ3n) is 2.84. The summed E-state index contributed by atoms with van der Waals surface area (Å²) in [5, 5.41) is 0. The van der Waals surface area contributed by atoms with Crippen LogP contribution in [0, 0.1) is 6.92 Å². The second kappa shape index (κ2) is 5.60. The van der Waals surface area contributed by atoms with E-state index in [-0.39, 0.29) is 6.04 Å². The van der Waals surface area contributed by atoms with Crippen molar-refractivity contribution in [2.24, 2.45) is 5.73 Å². The molecule has 1 aromatic heterocycles. The zero-order valence-corrected chi connectivity index (χ0v) is 10.1. The standard InChI is InChI=1S/C15H18N2/c1-12-4-6-13(7-5-12)9-15(16)10-14-3-2-8-17-11-14/h2-8,11,15H,9-10,16H2,1H3.